The van der Waals surface area contributed by atoms with E-state index in [0.717, 1.165) is 24.5 Å². The van der Waals surface area contributed by atoms with E-state index >= 15 is 0 Å². The molecule has 1 aromatic rings. The number of nitrogens with zero attached hydrogens (tertiary/aromatic N) is 3. The van der Waals surface area contributed by atoms with Gasteiger partial charge in [-0.2, -0.15) is 5.10 Å². The topological polar surface area (TPSA) is 68.3 Å². The maximum absolute atomic E-state index is 5.90. The van der Waals surface area contributed by atoms with Crippen LogP contribution >= 0.6 is 0 Å². The lowest BCUT2D eigenvalue weighted by molar-refractivity contribution is 0.275. The van der Waals surface area contributed by atoms with Gasteiger partial charge in [-0.25, -0.2) is 0 Å². The Morgan fingerprint density at radius 1 is 1.52 bits per heavy atom. The van der Waals surface area contributed by atoms with Crippen molar-refractivity contribution in [1.29, 1.82) is 0 Å². The zero-order chi connectivity index (χ0) is 15.4. The van der Waals surface area contributed by atoms with E-state index in [1.54, 1.807) is 13.3 Å². The molecule has 1 fully saturated rings. The molecule has 1 heterocycles. The fourth-order valence-electron chi connectivity index (χ4n) is 3.40. The third-order valence-corrected chi connectivity index (χ3v) is 4.65. The van der Waals surface area contributed by atoms with Crippen molar-refractivity contribution in [3.05, 3.63) is 11.9 Å². The highest BCUT2D eigenvalue weighted by Crippen LogP contribution is 2.41. The number of hydrogen-bond donors (Lipinski definition) is 2. The van der Waals surface area contributed by atoms with Crippen molar-refractivity contribution in [2.45, 2.75) is 38.8 Å². The average Bonchev–Trinajstić information content (AvgIpc) is 3.05. The van der Waals surface area contributed by atoms with Crippen LogP contribution < -0.4 is 16.0 Å². The number of nitrogens with two attached hydrogens (primary N) is 1. The van der Waals surface area contributed by atoms with Crippen molar-refractivity contribution in [3.63, 3.8) is 0 Å². The summed E-state index contributed by atoms with van der Waals surface area (Å²) in [4.78, 5) is 2.15. The first kappa shape index (κ1) is 16.3. The number of likely N-dealkylation sites (N-methyl/N-ethyl adjacent to an activating group) is 1. The van der Waals surface area contributed by atoms with E-state index in [9.17, 15) is 0 Å². The summed E-state index contributed by atoms with van der Waals surface area (Å²) in [5, 5.41) is 4.49. The van der Waals surface area contributed by atoms with Crippen LogP contribution in [-0.2, 0) is 6.54 Å². The molecule has 1 saturated carbocycles. The normalized spacial score (nSPS) is 23.7. The number of hydrazine groups is 1. The summed E-state index contributed by atoms with van der Waals surface area (Å²) >= 11 is 0. The van der Waals surface area contributed by atoms with Gasteiger partial charge in [-0.15, -0.1) is 0 Å². The molecule has 0 amide bonds. The SMILES string of the molecule is COc1cnn(CCN(C)C)c1C(NN)C1CCCC1C. The molecule has 21 heavy (non-hydrogen) atoms. The minimum Gasteiger partial charge on any atom is -0.493 e. The van der Waals surface area contributed by atoms with Crippen LogP contribution in [0.5, 0.6) is 5.75 Å². The zero-order valence-corrected chi connectivity index (χ0v) is 13.7. The Balaban J connectivity index is 2.27. The fourth-order valence-corrected chi connectivity index (χ4v) is 3.40. The molecule has 2 rings (SSSR count). The monoisotopic (exact) mass is 295 g/mol. The van der Waals surface area contributed by atoms with Gasteiger partial charge in [0.15, 0.2) is 5.75 Å². The average molecular weight is 295 g/mol. The van der Waals surface area contributed by atoms with Gasteiger partial charge in [-0.1, -0.05) is 19.8 Å². The van der Waals surface area contributed by atoms with Gasteiger partial charge in [0, 0.05) is 6.54 Å². The molecule has 0 spiro atoms. The number of rotatable bonds is 7. The van der Waals surface area contributed by atoms with Crippen LogP contribution in [0.2, 0.25) is 0 Å². The molecule has 3 unspecified atom stereocenters. The Kier molecular flexibility index (Phi) is 5.61. The summed E-state index contributed by atoms with van der Waals surface area (Å²) in [5.41, 5.74) is 4.11. The first-order valence-electron chi connectivity index (χ1n) is 7.79. The molecule has 1 aliphatic rings. The van der Waals surface area contributed by atoms with Crippen LogP contribution in [0.15, 0.2) is 6.20 Å². The van der Waals surface area contributed by atoms with E-state index < -0.39 is 0 Å². The van der Waals surface area contributed by atoms with E-state index in [0.29, 0.717) is 11.8 Å². The van der Waals surface area contributed by atoms with Gasteiger partial charge < -0.3 is 9.64 Å². The summed E-state index contributed by atoms with van der Waals surface area (Å²) in [6.07, 6.45) is 5.56. The molecule has 0 saturated heterocycles. The standard InChI is InChI=1S/C15H29N5O/c1-11-6-5-7-12(11)14(18-16)15-13(21-4)10-17-20(15)9-8-19(2)3/h10-12,14,18H,5-9,16H2,1-4H3. The predicted molar refractivity (Wildman–Crippen MR) is 83.9 cm³/mol. The lowest BCUT2D eigenvalue weighted by Crippen LogP contribution is -2.37. The summed E-state index contributed by atoms with van der Waals surface area (Å²) in [6.45, 7) is 4.09. The van der Waals surface area contributed by atoms with E-state index in [-0.39, 0.29) is 6.04 Å². The molecule has 1 aliphatic carbocycles. The highest BCUT2D eigenvalue weighted by molar-refractivity contribution is 5.29. The number of nitrogens with one attached hydrogen (secondary N) is 1. The molecule has 0 radical (unpaired) electrons. The van der Waals surface area contributed by atoms with E-state index in [1.165, 1.54) is 19.3 Å². The maximum atomic E-state index is 5.90. The van der Waals surface area contributed by atoms with Crippen LogP contribution in [-0.4, -0.2) is 42.4 Å². The minimum atomic E-state index is 0.0992. The summed E-state index contributed by atoms with van der Waals surface area (Å²) in [6, 6.07) is 0.0992. The van der Waals surface area contributed by atoms with Crippen molar-refractivity contribution in [3.8, 4) is 5.75 Å². The van der Waals surface area contributed by atoms with Gasteiger partial charge in [0.25, 0.3) is 0 Å². The van der Waals surface area contributed by atoms with Crippen LogP contribution in [0.1, 0.15) is 37.9 Å². The van der Waals surface area contributed by atoms with Crippen molar-refractivity contribution in [1.82, 2.24) is 20.1 Å². The van der Waals surface area contributed by atoms with Gasteiger partial charge in [0.2, 0.25) is 0 Å². The largest absolute Gasteiger partial charge is 0.493 e. The second kappa shape index (κ2) is 7.24. The van der Waals surface area contributed by atoms with E-state index in [1.807, 2.05) is 4.68 Å². The number of methoxy groups -OCH3 is 1. The molecule has 3 N–H and O–H groups in total. The van der Waals surface area contributed by atoms with Gasteiger partial charge >= 0.3 is 0 Å². The van der Waals surface area contributed by atoms with E-state index in [2.05, 4.69) is 36.4 Å². The number of ether oxygens (including phenoxy) is 1. The first-order chi connectivity index (χ1) is 10.1. The third-order valence-electron chi connectivity index (χ3n) is 4.65. The number of hydrogen-bond acceptors (Lipinski definition) is 5. The minimum absolute atomic E-state index is 0.0992. The molecule has 0 bridgehead atoms. The van der Waals surface area contributed by atoms with Crippen LogP contribution in [0, 0.1) is 11.8 Å². The molecule has 1 aromatic heterocycles. The van der Waals surface area contributed by atoms with Crippen molar-refractivity contribution in [2.75, 3.05) is 27.7 Å². The molecule has 0 aromatic carbocycles. The Morgan fingerprint density at radius 3 is 2.81 bits per heavy atom. The van der Waals surface area contributed by atoms with Crippen molar-refractivity contribution in [2.24, 2.45) is 17.7 Å². The third kappa shape index (κ3) is 3.56. The highest BCUT2D eigenvalue weighted by atomic mass is 16.5. The first-order valence-corrected chi connectivity index (χ1v) is 7.79. The fraction of sp³-hybridized carbons (Fsp3) is 0.800. The van der Waals surface area contributed by atoms with Crippen LogP contribution in [0.3, 0.4) is 0 Å². The molecule has 120 valence electrons. The molecule has 0 aliphatic heterocycles. The summed E-state index contributed by atoms with van der Waals surface area (Å²) in [7, 11) is 5.83. The summed E-state index contributed by atoms with van der Waals surface area (Å²) in [5.74, 6) is 7.94. The van der Waals surface area contributed by atoms with E-state index in [4.69, 9.17) is 10.6 Å². The van der Waals surface area contributed by atoms with Crippen LogP contribution in [0.25, 0.3) is 0 Å². The van der Waals surface area contributed by atoms with Gasteiger partial charge in [-0.3, -0.25) is 16.0 Å². The Labute approximate surface area is 127 Å². The summed E-state index contributed by atoms with van der Waals surface area (Å²) < 4.78 is 7.55. The lowest BCUT2D eigenvalue weighted by Gasteiger charge is -2.28. The lowest BCUT2D eigenvalue weighted by atomic mass is 9.88. The van der Waals surface area contributed by atoms with Crippen molar-refractivity contribution >= 4 is 0 Å². The smallest absolute Gasteiger partial charge is 0.161 e. The van der Waals surface area contributed by atoms with Gasteiger partial charge in [0.1, 0.15) is 0 Å². The molecule has 6 nitrogen and oxygen atoms in total. The maximum Gasteiger partial charge on any atom is 0.161 e. The molecule has 6 heteroatoms. The Hall–Kier alpha value is -1.11. The molecule has 3 atom stereocenters. The molecular weight excluding hydrogens is 266 g/mol. The van der Waals surface area contributed by atoms with Gasteiger partial charge in [-0.05, 0) is 32.4 Å². The highest BCUT2D eigenvalue weighted by Gasteiger charge is 2.35. The van der Waals surface area contributed by atoms with Crippen molar-refractivity contribution < 1.29 is 4.74 Å². The Bertz CT molecular complexity index is 445. The molecular formula is C15H29N5O. The second-order valence-electron chi connectivity index (χ2n) is 6.34. The zero-order valence-electron chi connectivity index (χ0n) is 13.7. The quantitative estimate of drug-likeness (QED) is 0.588. The second-order valence-corrected chi connectivity index (χ2v) is 6.34. The van der Waals surface area contributed by atoms with Gasteiger partial charge in [0.05, 0.1) is 31.6 Å². The Morgan fingerprint density at radius 2 is 2.29 bits per heavy atom. The predicted octanol–water partition coefficient (Wildman–Crippen LogP) is 1.39. The van der Waals surface area contributed by atoms with Crippen LogP contribution in [0.4, 0.5) is 0 Å². The number of aromatic nitrogens is 2.